The Morgan fingerprint density at radius 1 is 1.12 bits per heavy atom. The van der Waals surface area contributed by atoms with Gasteiger partial charge in [0.25, 0.3) is 5.91 Å². The summed E-state index contributed by atoms with van der Waals surface area (Å²) in [4.78, 5) is 17.3. The molecule has 25 heavy (non-hydrogen) atoms. The van der Waals surface area contributed by atoms with Crippen LogP contribution in [-0.2, 0) is 4.74 Å². The lowest BCUT2D eigenvalue weighted by molar-refractivity contribution is 0.0185. The standard InChI is InChI=1S/C19H26N4O2/c1-15-6-9-23(20-15)17-4-2-16(3-5-17)19(24)22-8-7-18(14-22)21-10-12-25-13-11-21/h2-5,18H,6-14H2,1H3. The number of benzene rings is 1. The lowest BCUT2D eigenvalue weighted by atomic mass is 10.1. The zero-order chi connectivity index (χ0) is 17.2. The molecule has 4 rings (SSSR count). The summed E-state index contributed by atoms with van der Waals surface area (Å²) in [5.41, 5.74) is 2.98. The number of hydrogen-bond donors (Lipinski definition) is 0. The molecule has 0 aliphatic carbocycles. The molecule has 2 saturated heterocycles. The molecule has 3 aliphatic heterocycles. The monoisotopic (exact) mass is 342 g/mol. The van der Waals surface area contributed by atoms with Gasteiger partial charge in [-0.25, -0.2) is 0 Å². The van der Waals surface area contributed by atoms with E-state index in [1.165, 1.54) is 0 Å². The van der Waals surface area contributed by atoms with Crippen molar-refractivity contribution >= 4 is 17.3 Å². The van der Waals surface area contributed by atoms with Crippen LogP contribution in [0.3, 0.4) is 0 Å². The first kappa shape index (κ1) is 16.5. The zero-order valence-corrected chi connectivity index (χ0v) is 14.9. The first-order valence-corrected chi connectivity index (χ1v) is 9.23. The minimum absolute atomic E-state index is 0.142. The van der Waals surface area contributed by atoms with Gasteiger partial charge in [-0.05, 0) is 37.6 Å². The third kappa shape index (κ3) is 3.55. The van der Waals surface area contributed by atoms with E-state index in [1.807, 2.05) is 34.2 Å². The van der Waals surface area contributed by atoms with E-state index in [-0.39, 0.29) is 5.91 Å². The Labute approximate surface area is 149 Å². The van der Waals surface area contributed by atoms with Crippen molar-refractivity contribution in [3.8, 4) is 0 Å². The largest absolute Gasteiger partial charge is 0.379 e. The third-order valence-electron chi connectivity index (χ3n) is 5.40. The Hall–Kier alpha value is -1.92. The van der Waals surface area contributed by atoms with Gasteiger partial charge in [-0.3, -0.25) is 14.7 Å². The van der Waals surface area contributed by atoms with Gasteiger partial charge in [-0.15, -0.1) is 0 Å². The van der Waals surface area contributed by atoms with Crippen LogP contribution in [0.5, 0.6) is 0 Å². The maximum Gasteiger partial charge on any atom is 0.253 e. The maximum atomic E-state index is 12.8. The van der Waals surface area contributed by atoms with E-state index >= 15 is 0 Å². The van der Waals surface area contributed by atoms with Crippen LogP contribution in [0.15, 0.2) is 29.4 Å². The SMILES string of the molecule is CC1=NN(c2ccc(C(=O)N3CCC(N4CCOCC4)C3)cc2)CC1. The van der Waals surface area contributed by atoms with E-state index in [2.05, 4.69) is 16.9 Å². The van der Waals surface area contributed by atoms with Gasteiger partial charge >= 0.3 is 0 Å². The van der Waals surface area contributed by atoms with Crippen LogP contribution >= 0.6 is 0 Å². The number of hydrogen-bond acceptors (Lipinski definition) is 5. The number of likely N-dealkylation sites (tertiary alicyclic amines) is 1. The van der Waals surface area contributed by atoms with Gasteiger partial charge in [-0.1, -0.05) is 0 Å². The molecule has 2 fully saturated rings. The second-order valence-electron chi connectivity index (χ2n) is 7.10. The number of anilines is 1. The molecule has 0 spiro atoms. The van der Waals surface area contributed by atoms with Crippen molar-refractivity contribution in [3.05, 3.63) is 29.8 Å². The van der Waals surface area contributed by atoms with E-state index in [4.69, 9.17) is 4.74 Å². The topological polar surface area (TPSA) is 48.4 Å². The molecule has 0 saturated carbocycles. The van der Waals surface area contributed by atoms with Gasteiger partial charge in [0.15, 0.2) is 0 Å². The summed E-state index contributed by atoms with van der Waals surface area (Å²) in [6.45, 7) is 8.24. The summed E-state index contributed by atoms with van der Waals surface area (Å²) in [6, 6.07) is 8.36. The van der Waals surface area contributed by atoms with Gasteiger partial charge in [0, 0.05) is 56.5 Å². The van der Waals surface area contributed by atoms with Gasteiger partial charge in [0.05, 0.1) is 18.9 Å². The highest BCUT2D eigenvalue weighted by atomic mass is 16.5. The molecule has 0 radical (unpaired) electrons. The average molecular weight is 342 g/mol. The van der Waals surface area contributed by atoms with Gasteiger partial charge in [0.1, 0.15) is 0 Å². The Morgan fingerprint density at radius 2 is 1.88 bits per heavy atom. The highest BCUT2D eigenvalue weighted by molar-refractivity contribution is 5.95. The molecule has 3 heterocycles. The molecule has 0 N–H and O–H groups in total. The fourth-order valence-electron chi connectivity index (χ4n) is 3.89. The number of rotatable bonds is 3. The van der Waals surface area contributed by atoms with Crippen molar-refractivity contribution in [2.45, 2.75) is 25.8 Å². The van der Waals surface area contributed by atoms with Crippen LogP contribution in [0.4, 0.5) is 5.69 Å². The summed E-state index contributed by atoms with van der Waals surface area (Å²) in [7, 11) is 0. The molecule has 134 valence electrons. The number of hydrazone groups is 1. The van der Waals surface area contributed by atoms with Crippen LogP contribution in [0.25, 0.3) is 0 Å². The van der Waals surface area contributed by atoms with E-state index < -0.39 is 0 Å². The molecule has 1 aromatic rings. The number of nitrogens with zero attached hydrogens (tertiary/aromatic N) is 4. The van der Waals surface area contributed by atoms with Gasteiger partial charge in [-0.2, -0.15) is 5.10 Å². The molecule has 1 aromatic carbocycles. The molecule has 1 amide bonds. The Balaban J connectivity index is 1.38. The van der Waals surface area contributed by atoms with Crippen LogP contribution in [-0.4, -0.2) is 73.4 Å². The lowest BCUT2D eigenvalue weighted by Gasteiger charge is -2.32. The smallest absolute Gasteiger partial charge is 0.253 e. The second kappa shape index (κ2) is 7.14. The average Bonchev–Trinajstić information content (AvgIpc) is 3.31. The maximum absolute atomic E-state index is 12.8. The first-order valence-electron chi connectivity index (χ1n) is 9.23. The Kier molecular flexibility index (Phi) is 4.72. The molecule has 3 aliphatic rings. The number of amides is 1. The summed E-state index contributed by atoms with van der Waals surface area (Å²) in [6.07, 6.45) is 2.07. The molecule has 0 bridgehead atoms. The van der Waals surface area contributed by atoms with Crippen LogP contribution in [0.1, 0.15) is 30.1 Å². The number of morpholine rings is 1. The number of ether oxygens (including phenoxy) is 1. The third-order valence-corrected chi connectivity index (χ3v) is 5.40. The predicted octanol–water partition coefficient (Wildman–Crippen LogP) is 1.82. The van der Waals surface area contributed by atoms with Crippen molar-refractivity contribution < 1.29 is 9.53 Å². The van der Waals surface area contributed by atoms with E-state index in [9.17, 15) is 4.79 Å². The van der Waals surface area contributed by atoms with Crippen molar-refractivity contribution in [1.82, 2.24) is 9.80 Å². The minimum atomic E-state index is 0.142. The molecule has 1 atom stereocenters. The fraction of sp³-hybridized carbons (Fsp3) is 0.579. The summed E-state index contributed by atoms with van der Waals surface area (Å²) >= 11 is 0. The molecule has 0 aromatic heterocycles. The van der Waals surface area contributed by atoms with Crippen molar-refractivity contribution in [1.29, 1.82) is 0 Å². The second-order valence-corrected chi connectivity index (χ2v) is 7.10. The van der Waals surface area contributed by atoms with Crippen molar-refractivity contribution in [2.75, 3.05) is 50.9 Å². The number of carbonyl (C=O) groups excluding carboxylic acids is 1. The van der Waals surface area contributed by atoms with Crippen molar-refractivity contribution in [2.24, 2.45) is 5.10 Å². The predicted molar refractivity (Wildman–Crippen MR) is 98.2 cm³/mol. The molecule has 6 nitrogen and oxygen atoms in total. The van der Waals surface area contributed by atoms with E-state index in [1.54, 1.807) is 0 Å². The molecule has 6 heteroatoms. The van der Waals surface area contributed by atoms with E-state index in [0.717, 1.165) is 75.7 Å². The highest BCUT2D eigenvalue weighted by Gasteiger charge is 2.31. The Bertz CT molecular complexity index is 652. The van der Waals surface area contributed by atoms with Crippen LogP contribution in [0.2, 0.25) is 0 Å². The first-order chi connectivity index (χ1) is 12.2. The molecular formula is C19H26N4O2. The zero-order valence-electron chi connectivity index (χ0n) is 14.9. The summed E-state index contributed by atoms with van der Waals surface area (Å²) < 4.78 is 5.43. The quantitative estimate of drug-likeness (QED) is 0.841. The normalized spacial score (nSPS) is 24.7. The minimum Gasteiger partial charge on any atom is -0.379 e. The van der Waals surface area contributed by atoms with Crippen LogP contribution in [0, 0.1) is 0 Å². The van der Waals surface area contributed by atoms with Crippen LogP contribution < -0.4 is 5.01 Å². The van der Waals surface area contributed by atoms with Gasteiger partial charge in [0.2, 0.25) is 0 Å². The summed E-state index contributed by atoms with van der Waals surface area (Å²) in [5.74, 6) is 0.142. The van der Waals surface area contributed by atoms with Crippen molar-refractivity contribution in [3.63, 3.8) is 0 Å². The van der Waals surface area contributed by atoms with E-state index in [0.29, 0.717) is 6.04 Å². The summed E-state index contributed by atoms with van der Waals surface area (Å²) in [5, 5.41) is 6.52. The lowest BCUT2D eigenvalue weighted by Crippen LogP contribution is -2.45. The fourth-order valence-corrected chi connectivity index (χ4v) is 3.89. The Morgan fingerprint density at radius 3 is 2.56 bits per heavy atom. The molecule has 1 unspecified atom stereocenters. The highest BCUT2D eigenvalue weighted by Crippen LogP contribution is 2.22. The molecular weight excluding hydrogens is 316 g/mol. The number of carbonyl (C=O) groups is 1. The van der Waals surface area contributed by atoms with Gasteiger partial charge < -0.3 is 9.64 Å².